The highest BCUT2D eigenvalue weighted by Crippen LogP contribution is 2.21. The Bertz CT molecular complexity index is 515. The first-order valence-corrected chi connectivity index (χ1v) is 6.29. The van der Waals surface area contributed by atoms with Gasteiger partial charge in [-0.2, -0.15) is 0 Å². The van der Waals surface area contributed by atoms with Gasteiger partial charge < -0.3 is 14.6 Å². The van der Waals surface area contributed by atoms with Gasteiger partial charge in [-0.3, -0.25) is 0 Å². The van der Waals surface area contributed by atoms with Crippen LogP contribution in [0.25, 0.3) is 0 Å². The lowest BCUT2D eigenvalue weighted by molar-refractivity contribution is -0.141. The smallest absolute Gasteiger partial charge is 0.339 e. The molecule has 0 aliphatic carbocycles. The molecule has 7 heteroatoms. The standard InChI is InChI=1S/C13H12Cl2O5/c1-2-12(17)19-6-9(16)7-20-13(18)10-4-3-8(14)5-11(10)15/h2-5,9,16H,1,6-7H2. The van der Waals surface area contributed by atoms with Gasteiger partial charge in [0, 0.05) is 11.1 Å². The molecule has 0 saturated carbocycles. The molecule has 0 aliphatic rings. The van der Waals surface area contributed by atoms with Crippen molar-refractivity contribution in [3.63, 3.8) is 0 Å². The van der Waals surface area contributed by atoms with Crippen LogP contribution in [0.1, 0.15) is 10.4 Å². The van der Waals surface area contributed by atoms with E-state index in [0.29, 0.717) is 5.02 Å². The van der Waals surface area contributed by atoms with Crippen LogP contribution in [0, 0.1) is 0 Å². The second-order valence-corrected chi connectivity index (χ2v) is 4.55. The fraction of sp³-hybridized carbons (Fsp3) is 0.231. The Labute approximate surface area is 125 Å². The number of halogens is 2. The largest absolute Gasteiger partial charge is 0.460 e. The minimum atomic E-state index is -1.13. The lowest BCUT2D eigenvalue weighted by Gasteiger charge is -2.11. The van der Waals surface area contributed by atoms with Crippen LogP contribution >= 0.6 is 23.2 Å². The molecule has 1 rings (SSSR count). The summed E-state index contributed by atoms with van der Waals surface area (Å²) in [5.41, 5.74) is 0.131. The zero-order valence-electron chi connectivity index (χ0n) is 10.3. The zero-order chi connectivity index (χ0) is 15.1. The Kier molecular flexibility index (Phi) is 6.51. The van der Waals surface area contributed by atoms with Crippen molar-refractivity contribution in [2.45, 2.75) is 6.10 Å². The van der Waals surface area contributed by atoms with Crippen molar-refractivity contribution in [1.29, 1.82) is 0 Å². The first-order valence-electron chi connectivity index (χ1n) is 5.53. The SMILES string of the molecule is C=CC(=O)OCC(O)COC(=O)c1ccc(Cl)cc1Cl. The molecule has 0 radical (unpaired) electrons. The Morgan fingerprint density at radius 3 is 2.55 bits per heavy atom. The van der Waals surface area contributed by atoms with Crippen molar-refractivity contribution in [1.82, 2.24) is 0 Å². The molecule has 108 valence electrons. The van der Waals surface area contributed by atoms with E-state index in [9.17, 15) is 14.7 Å². The molecule has 1 N–H and O–H groups in total. The maximum atomic E-state index is 11.7. The van der Waals surface area contributed by atoms with Crippen molar-refractivity contribution in [3.8, 4) is 0 Å². The lowest BCUT2D eigenvalue weighted by atomic mass is 10.2. The number of hydrogen-bond donors (Lipinski definition) is 1. The minimum Gasteiger partial charge on any atom is -0.460 e. The quantitative estimate of drug-likeness (QED) is 0.643. The molecule has 1 aromatic carbocycles. The molecule has 0 bridgehead atoms. The molecule has 0 spiro atoms. The van der Waals surface area contributed by atoms with E-state index in [0.717, 1.165) is 6.08 Å². The predicted octanol–water partition coefficient (Wildman–Crippen LogP) is 2.24. The zero-order valence-corrected chi connectivity index (χ0v) is 11.9. The van der Waals surface area contributed by atoms with Crippen molar-refractivity contribution in [3.05, 3.63) is 46.5 Å². The molecule has 0 fully saturated rings. The molecule has 1 aromatic rings. The van der Waals surface area contributed by atoms with Gasteiger partial charge in [0.05, 0.1) is 10.6 Å². The Balaban J connectivity index is 2.46. The number of carbonyl (C=O) groups excluding carboxylic acids is 2. The maximum Gasteiger partial charge on any atom is 0.339 e. The predicted molar refractivity (Wildman–Crippen MR) is 73.9 cm³/mol. The molecule has 0 aliphatic heterocycles. The second-order valence-electron chi connectivity index (χ2n) is 3.71. The fourth-order valence-corrected chi connectivity index (χ4v) is 1.68. The number of aliphatic hydroxyl groups is 1. The highest BCUT2D eigenvalue weighted by atomic mass is 35.5. The number of benzene rings is 1. The van der Waals surface area contributed by atoms with E-state index in [4.69, 9.17) is 27.9 Å². The molecule has 5 nitrogen and oxygen atoms in total. The number of hydrogen-bond acceptors (Lipinski definition) is 5. The summed E-state index contributed by atoms with van der Waals surface area (Å²) in [4.78, 5) is 22.5. The fourth-order valence-electron chi connectivity index (χ4n) is 1.19. The van der Waals surface area contributed by atoms with Gasteiger partial charge in [0.15, 0.2) is 0 Å². The monoisotopic (exact) mass is 318 g/mol. The third kappa shape index (κ3) is 5.21. The number of rotatable bonds is 6. The summed E-state index contributed by atoms with van der Waals surface area (Å²) in [5.74, 6) is -1.38. The third-order valence-electron chi connectivity index (χ3n) is 2.14. The lowest BCUT2D eigenvalue weighted by Crippen LogP contribution is -2.25. The summed E-state index contributed by atoms with van der Waals surface area (Å²) in [5, 5.41) is 10.00. The van der Waals surface area contributed by atoms with Crippen LogP contribution in [0.3, 0.4) is 0 Å². The number of carbonyl (C=O) groups is 2. The van der Waals surface area contributed by atoms with Crippen molar-refractivity contribution < 1.29 is 24.2 Å². The van der Waals surface area contributed by atoms with Gasteiger partial charge >= 0.3 is 11.9 Å². The average molecular weight is 319 g/mol. The molecule has 1 atom stereocenters. The Morgan fingerprint density at radius 2 is 1.95 bits per heavy atom. The Morgan fingerprint density at radius 1 is 1.30 bits per heavy atom. The summed E-state index contributed by atoms with van der Waals surface area (Å²) in [6.45, 7) is 2.57. The number of ether oxygens (including phenoxy) is 2. The van der Waals surface area contributed by atoms with Gasteiger partial charge in [0.1, 0.15) is 19.3 Å². The highest BCUT2D eigenvalue weighted by molar-refractivity contribution is 6.36. The molecule has 0 saturated heterocycles. The van der Waals surface area contributed by atoms with E-state index in [-0.39, 0.29) is 23.8 Å². The van der Waals surface area contributed by atoms with Crippen LogP contribution < -0.4 is 0 Å². The van der Waals surface area contributed by atoms with Gasteiger partial charge in [-0.1, -0.05) is 29.8 Å². The summed E-state index contributed by atoms with van der Waals surface area (Å²) < 4.78 is 9.43. The summed E-state index contributed by atoms with van der Waals surface area (Å²) in [6, 6.07) is 4.31. The molecule has 20 heavy (non-hydrogen) atoms. The highest BCUT2D eigenvalue weighted by Gasteiger charge is 2.15. The third-order valence-corrected chi connectivity index (χ3v) is 2.69. The van der Waals surface area contributed by atoms with E-state index in [1.165, 1.54) is 18.2 Å². The molecular formula is C13H12Cl2O5. The normalized spacial score (nSPS) is 11.6. The van der Waals surface area contributed by atoms with Crippen molar-refractivity contribution in [2.24, 2.45) is 0 Å². The van der Waals surface area contributed by atoms with E-state index in [2.05, 4.69) is 11.3 Å². The van der Waals surface area contributed by atoms with Gasteiger partial charge in [-0.25, -0.2) is 9.59 Å². The molecule has 0 aromatic heterocycles. The van der Waals surface area contributed by atoms with Crippen LogP contribution in [0.5, 0.6) is 0 Å². The number of esters is 2. The molecule has 0 heterocycles. The summed E-state index contributed by atoms with van der Waals surface area (Å²) in [7, 11) is 0. The van der Waals surface area contributed by atoms with E-state index >= 15 is 0 Å². The van der Waals surface area contributed by atoms with Crippen LogP contribution in [0.2, 0.25) is 10.0 Å². The summed E-state index contributed by atoms with van der Waals surface area (Å²) in [6.07, 6.45) is -0.166. The van der Waals surface area contributed by atoms with E-state index < -0.39 is 18.0 Å². The number of aliphatic hydroxyl groups excluding tert-OH is 1. The molecule has 0 amide bonds. The van der Waals surface area contributed by atoms with Crippen molar-refractivity contribution >= 4 is 35.1 Å². The van der Waals surface area contributed by atoms with Gasteiger partial charge in [0.25, 0.3) is 0 Å². The topological polar surface area (TPSA) is 72.8 Å². The minimum absolute atomic E-state index is 0.131. The van der Waals surface area contributed by atoms with Gasteiger partial charge in [0.2, 0.25) is 0 Å². The first kappa shape index (κ1) is 16.5. The molecular weight excluding hydrogens is 307 g/mol. The van der Waals surface area contributed by atoms with Crippen LogP contribution in [0.4, 0.5) is 0 Å². The van der Waals surface area contributed by atoms with Crippen LogP contribution in [0.15, 0.2) is 30.9 Å². The first-order chi connectivity index (χ1) is 9.43. The van der Waals surface area contributed by atoms with Crippen LogP contribution in [-0.4, -0.2) is 36.4 Å². The van der Waals surface area contributed by atoms with Crippen LogP contribution in [-0.2, 0) is 14.3 Å². The summed E-state index contributed by atoms with van der Waals surface area (Å²) >= 11 is 11.5. The van der Waals surface area contributed by atoms with E-state index in [1.54, 1.807) is 0 Å². The Hall–Kier alpha value is -1.56. The maximum absolute atomic E-state index is 11.7. The second kappa shape index (κ2) is 7.89. The van der Waals surface area contributed by atoms with Crippen molar-refractivity contribution in [2.75, 3.05) is 13.2 Å². The van der Waals surface area contributed by atoms with E-state index in [1.807, 2.05) is 0 Å². The van der Waals surface area contributed by atoms with Gasteiger partial charge in [-0.05, 0) is 18.2 Å². The average Bonchev–Trinajstić information content (AvgIpc) is 2.42. The molecule has 1 unspecified atom stereocenters. The van der Waals surface area contributed by atoms with Gasteiger partial charge in [-0.15, -0.1) is 0 Å².